The van der Waals surface area contributed by atoms with Crippen LogP contribution in [0.2, 0.25) is 0 Å². The molecule has 1 atom stereocenters. The zero-order valence-corrected chi connectivity index (χ0v) is 15.6. The maximum absolute atomic E-state index is 12.5. The molecule has 1 heterocycles. The van der Waals surface area contributed by atoms with E-state index in [9.17, 15) is 9.59 Å². The molecule has 0 unspecified atom stereocenters. The first-order valence-electron chi connectivity index (χ1n) is 8.56. The fraction of sp³-hybridized carbons (Fsp3) is 0.238. The molecule has 6 nitrogen and oxygen atoms in total. The van der Waals surface area contributed by atoms with Crippen molar-refractivity contribution in [2.75, 3.05) is 20.8 Å². The Morgan fingerprint density at radius 3 is 2.59 bits per heavy atom. The zero-order valence-electron chi connectivity index (χ0n) is 15.6. The molecule has 6 heteroatoms. The Balaban J connectivity index is 2.10. The van der Waals surface area contributed by atoms with E-state index in [4.69, 9.17) is 9.47 Å². The first-order valence-corrected chi connectivity index (χ1v) is 8.56. The number of urea groups is 1. The van der Waals surface area contributed by atoms with E-state index in [0.29, 0.717) is 17.8 Å². The molecule has 1 aliphatic heterocycles. The predicted molar refractivity (Wildman–Crippen MR) is 103 cm³/mol. The zero-order chi connectivity index (χ0) is 19.6. The van der Waals surface area contributed by atoms with Crippen molar-refractivity contribution in [1.29, 1.82) is 0 Å². The smallest absolute Gasteiger partial charge is 0.337 e. The summed E-state index contributed by atoms with van der Waals surface area (Å²) in [5.41, 5.74) is 1.77. The fourth-order valence-electron chi connectivity index (χ4n) is 3.30. The monoisotopic (exact) mass is 366 g/mol. The quantitative estimate of drug-likeness (QED) is 0.649. The Morgan fingerprint density at radius 1 is 1.22 bits per heavy atom. The van der Waals surface area contributed by atoms with E-state index in [1.807, 2.05) is 36.4 Å². The van der Waals surface area contributed by atoms with Crippen LogP contribution < -0.4 is 10.1 Å². The molecule has 2 aromatic rings. The Labute approximate surface area is 158 Å². The lowest BCUT2D eigenvalue weighted by Gasteiger charge is -2.34. The third-order valence-electron chi connectivity index (χ3n) is 4.72. The lowest BCUT2D eigenvalue weighted by molar-refractivity contribution is -0.136. The second-order valence-corrected chi connectivity index (χ2v) is 6.24. The summed E-state index contributed by atoms with van der Waals surface area (Å²) in [5.74, 6) is 0.300. The Bertz CT molecular complexity index is 948. The van der Waals surface area contributed by atoms with Crippen LogP contribution >= 0.6 is 0 Å². The van der Waals surface area contributed by atoms with E-state index >= 15 is 0 Å². The van der Waals surface area contributed by atoms with E-state index in [1.54, 1.807) is 20.1 Å². The van der Waals surface area contributed by atoms with Crippen LogP contribution in [0.3, 0.4) is 0 Å². The molecule has 140 valence electrons. The number of benzene rings is 2. The van der Waals surface area contributed by atoms with Gasteiger partial charge in [0.2, 0.25) is 0 Å². The van der Waals surface area contributed by atoms with Gasteiger partial charge >= 0.3 is 12.0 Å². The Hall–Kier alpha value is -3.28. The van der Waals surface area contributed by atoms with Gasteiger partial charge in [0.1, 0.15) is 5.75 Å². The van der Waals surface area contributed by atoms with Crippen molar-refractivity contribution in [1.82, 2.24) is 10.2 Å². The third-order valence-corrected chi connectivity index (χ3v) is 4.72. The van der Waals surface area contributed by atoms with Crippen LogP contribution in [0.1, 0.15) is 18.5 Å². The predicted octanol–water partition coefficient (Wildman–Crippen LogP) is 3.55. The first kappa shape index (κ1) is 18.5. The van der Waals surface area contributed by atoms with Crippen molar-refractivity contribution in [2.45, 2.75) is 13.0 Å². The van der Waals surface area contributed by atoms with Gasteiger partial charge in [-0.05, 0) is 41.5 Å². The van der Waals surface area contributed by atoms with E-state index in [1.165, 1.54) is 12.0 Å². The van der Waals surface area contributed by atoms with Gasteiger partial charge in [-0.25, -0.2) is 9.59 Å². The van der Waals surface area contributed by atoms with Gasteiger partial charge in [-0.1, -0.05) is 24.3 Å². The van der Waals surface area contributed by atoms with Crippen molar-refractivity contribution < 1.29 is 19.1 Å². The summed E-state index contributed by atoms with van der Waals surface area (Å²) in [6, 6.07) is 10.7. The lowest BCUT2D eigenvalue weighted by atomic mass is 9.93. The molecule has 0 spiro atoms. The number of carbonyl (C=O) groups excluding carboxylic acids is 2. The van der Waals surface area contributed by atoms with Crippen LogP contribution in [0.25, 0.3) is 10.8 Å². The van der Waals surface area contributed by atoms with Gasteiger partial charge < -0.3 is 14.8 Å². The molecule has 1 aliphatic rings. The van der Waals surface area contributed by atoms with Crippen molar-refractivity contribution in [3.63, 3.8) is 0 Å². The van der Waals surface area contributed by atoms with Gasteiger partial charge in [0, 0.05) is 12.2 Å². The molecule has 2 aromatic carbocycles. The van der Waals surface area contributed by atoms with Crippen LogP contribution in [-0.2, 0) is 9.53 Å². The number of fused-ring (bicyclic) bond motifs is 1. The highest BCUT2D eigenvalue weighted by Gasteiger charge is 2.35. The van der Waals surface area contributed by atoms with Gasteiger partial charge in [-0.2, -0.15) is 0 Å². The molecule has 0 aromatic heterocycles. The molecule has 0 bridgehead atoms. The van der Waals surface area contributed by atoms with Crippen LogP contribution in [0.5, 0.6) is 5.75 Å². The molecular weight excluding hydrogens is 344 g/mol. The molecular formula is C21H22N2O4. The highest BCUT2D eigenvalue weighted by atomic mass is 16.5. The molecule has 0 fully saturated rings. The molecule has 0 aliphatic carbocycles. The number of amides is 2. The van der Waals surface area contributed by atoms with Gasteiger partial charge in [-0.3, -0.25) is 4.90 Å². The number of nitrogens with zero attached hydrogens (tertiary/aromatic N) is 1. The summed E-state index contributed by atoms with van der Waals surface area (Å²) in [7, 11) is 2.96. The summed E-state index contributed by atoms with van der Waals surface area (Å²) >= 11 is 0. The number of methoxy groups -OCH3 is 2. The average molecular weight is 366 g/mol. The molecule has 0 saturated heterocycles. The Kier molecular flexibility index (Phi) is 5.16. The molecule has 27 heavy (non-hydrogen) atoms. The van der Waals surface area contributed by atoms with Crippen LogP contribution in [0, 0.1) is 0 Å². The maximum Gasteiger partial charge on any atom is 0.337 e. The van der Waals surface area contributed by atoms with E-state index in [2.05, 4.69) is 11.9 Å². The van der Waals surface area contributed by atoms with Gasteiger partial charge in [0.15, 0.2) is 0 Å². The highest BCUT2D eigenvalue weighted by molar-refractivity contribution is 5.95. The van der Waals surface area contributed by atoms with Crippen LogP contribution in [0.15, 0.2) is 60.3 Å². The molecule has 0 radical (unpaired) electrons. The third kappa shape index (κ3) is 3.38. The van der Waals surface area contributed by atoms with Crippen molar-refractivity contribution in [3.8, 4) is 5.75 Å². The van der Waals surface area contributed by atoms with Crippen molar-refractivity contribution >= 4 is 22.8 Å². The van der Waals surface area contributed by atoms with Gasteiger partial charge in [0.25, 0.3) is 0 Å². The summed E-state index contributed by atoms with van der Waals surface area (Å²) < 4.78 is 10.2. The molecule has 2 amide bonds. The van der Waals surface area contributed by atoms with Crippen molar-refractivity contribution in [3.05, 3.63) is 65.9 Å². The lowest BCUT2D eigenvalue weighted by Crippen LogP contribution is -2.47. The summed E-state index contributed by atoms with van der Waals surface area (Å²) in [5, 5.41) is 4.90. The largest absolute Gasteiger partial charge is 0.497 e. The second-order valence-electron chi connectivity index (χ2n) is 6.24. The number of esters is 1. The summed E-state index contributed by atoms with van der Waals surface area (Å²) in [4.78, 5) is 26.5. The molecule has 1 N–H and O–H groups in total. The number of rotatable bonds is 5. The normalized spacial score (nSPS) is 16.9. The number of hydrogen-bond donors (Lipinski definition) is 1. The van der Waals surface area contributed by atoms with E-state index < -0.39 is 12.0 Å². The SMILES string of the molecule is C=CCN1C(=O)N[C@H](c2ccc3cc(OC)ccc3c2)C(C(=O)OC)=C1C. The summed E-state index contributed by atoms with van der Waals surface area (Å²) in [6.07, 6.45) is 1.61. The highest BCUT2D eigenvalue weighted by Crippen LogP contribution is 2.33. The van der Waals surface area contributed by atoms with Gasteiger partial charge in [0.05, 0.1) is 25.8 Å². The van der Waals surface area contributed by atoms with E-state index in [0.717, 1.165) is 22.1 Å². The number of carbonyl (C=O) groups is 2. The fourth-order valence-corrected chi connectivity index (χ4v) is 3.30. The number of nitrogens with one attached hydrogen (secondary N) is 1. The topological polar surface area (TPSA) is 67.9 Å². The number of hydrogen-bond acceptors (Lipinski definition) is 4. The second kappa shape index (κ2) is 7.53. The number of ether oxygens (including phenoxy) is 2. The minimum absolute atomic E-state index is 0.278. The van der Waals surface area contributed by atoms with Gasteiger partial charge in [-0.15, -0.1) is 6.58 Å². The Morgan fingerprint density at radius 2 is 1.93 bits per heavy atom. The minimum Gasteiger partial charge on any atom is -0.497 e. The van der Waals surface area contributed by atoms with Crippen LogP contribution in [-0.4, -0.2) is 37.7 Å². The van der Waals surface area contributed by atoms with Crippen molar-refractivity contribution in [2.24, 2.45) is 0 Å². The van der Waals surface area contributed by atoms with Crippen LogP contribution in [0.4, 0.5) is 4.79 Å². The number of allylic oxidation sites excluding steroid dienone is 1. The molecule has 0 saturated carbocycles. The van der Waals surface area contributed by atoms with E-state index in [-0.39, 0.29) is 6.03 Å². The maximum atomic E-state index is 12.5. The average Bonchev–Trinajstić information content (AvgIpc) is 2.69. The minimum atomic E-state index is -0.586. The summed E-state index contributed by atoms with van der Waals surface area (Å²) in [6.45, 7) is 5.72. The standard InChI is InChI=1S/C21H22N2O4/c1-5-10-23-13(2)18(20(24)27-4)19(22-21(23)25)16-7-6-15-12-17(26-3)9-8-14(15)11-16/h5-9,11-12,19H,1,10H2,2-4H3,(H,22,25)/t19-/m1/s1. The first-order chi connectivity index (χ1) is 13.0. The molecule has 3 rings (SSSR count).